The number of benzene rings is 1. The zero-order chi connectivity index (χ0) is 18.8. The Balaban J connectivity index is 1.50. The van der Waals surface area contributed by atoms with Gasteiger partial charge in [0.2, 0.25) is 5.91 Å². The number of likely N-dealkylation sites (tertiary alicyclic amines) is 1. The van der Waals surface area contributed by atoms with Gasteiger partial charge in [0.25, 0.3) is 0 Å². The molecular weight excluding hydrogens is 360 g/mol. The first-order valence-electron chi connectivity index (χ1n) is 9.13. The van der Waals surface area contributed by atoms with Gasteiger partial charge in [0.05, 0.1) is 12.1 Å². The van der Waals surface area contributed by atoms with Crippen LogP contribution in [-0.4, -0.2) is 38.2 Å². The van der Waals surface area contributed by atoms with Crippen molar-refractivity contribution in [1.29, 1.82) is 0 Å². The maximum absolute atomic E-state index is 12.6. The number of carbonyl (C=O) groups excluding carboxylic acids is 1. The molecule has 6 nitrogen and oxygen atoms in total. The third kappa shape index (κ3) is 3.60. The summed E-state index contributed by atoms with van der Waals surface area (Å²) in [5, 5.41) is 8.53. The van der Waals surface area contributed by atoms with Crippen molar-refractivity contribution >= 4 is 17.2 Å². The lowest BCUT2D eigenvalue weighted by Crippen LogP contribution is -2.39. The first kappa shape index (κ1) is 17.7. The van der Waals surface area contributed by atoms with Crippen LogP contribution in [0.4, 0.5) is 0 Å². The van der Waals surface area contributed by atoms with Gasteiger partial charge in [-0.2, -0.15) is 16.4 Å². The number of rotatable bonds is 4. The molecule has 3 heterocycles. The molecule has 1 saturated heterocycles. The van der Waals surface area contributed by atoms with Gasteiger partial charge >= 0.3 is 5.69 Å². The molecule has 0 atom stereocenters. The molecule has 1 amide bonds. The molecule has 1 aliphatic heterocycles. The summed E-state index contributed by atoms with van der Waals surface area (Å²) in [5.41, 5.74) is 1.78. The molecule has 1 aromatic carbocycles. The van der Waals surface area contributed by atoms with Crippen LogP contribution in [0.3, 0.4) is 0 Å². The van der Waals surface area contributed by atoms with Gasteiger partial charge < -0.3 is 4.90 Å². The van der Waals surface area contributed by atoms with E-state index in [1.165, 1.54) is 4.68 Å². The van der Waals surface area contributed by atoms with E-state index >= 15 is 0 Å². The van der Waals surface area contributed by atoms with E-state index in [4.69, 9.17) is 0 Å². The molecule has 27 heavy (non-hydrogen) atoms. The van der Waals surface area contributed by atoms with Crippen molar-refractivity contribution in [1.82, 2.24) is 19.2 Å². The number of para-hydroxylation sites is 1. The first-order chi connectivity index (χ1) is 13.1. The Kier molecular flexibility index (Phi) is 4.94. The lowest BCUT2D eigenvalue weighted by molar-refractivity contribution is -0.131. The van der Waals surface area contributed by atoms with Crippen molar-refractivity contribution in [2.24, 2.45) is 7.05 Å². The highest BCUT2D eigenvalue weighted by molar-refractivity contribution is 7.08. The Morgan fingerprint density at radius 3 is 2.59 bits per heavy atom. The van der Waals surface area contributed by atoms with Crippen molar-refractivity contribution in [3.8, 4) is 5.69 Å². The van der Waals surface area contributed by atoms with Gasteiger partial charge in [-0.05, 0) is 47.4 Å². The van der Waals surface area contributed by atoms with E-state index in [1.807, 2.05) is 52.1 Å². The molecule has 4 rings (SSSR count). The molecule has 0 N–H and O–H groups in total. The minimum absolute atomic E-state index is 0.132. The average molecular weight is 382 g/mol. The number of hydrogen-bond acceptors (Lipinski definition) is 4. The van der Waals surface area contributed by atoms with Crippen LogP contribution in [0.2, 0.25) is 0 Å². The highest BCUT2D eigenvalue weighted by Crippen LogP contribution is 2.28. The predicted molar refractivity (Wildman–Crippen MR) is 105 cm³/mol. The quantitative estimate of drug-likeness (QED) is 0.697. The van der Waals surface area contributed by atoms with Gasteiger partial charge in [-0.25, -0.2) is 14.0 Å². The van der Waals surface area contributed by atoms with Crippen LogP contribution in [0, 0.1) is 0 Å². The number of amides is 1. The largest absolute Gasteiger partial charge is 0.350 e. The second-order valence-corrected chi connectivity index (χ2v) is 7.68. The van der Waals surface area contributed by atoms with Gasteiger partial charge in [-0.3, -0.25) is 4.79 Å². The van der Waals surface area contributed by atoms with Crippen LogP contribution >= 0.6 is 11.3 Å². The van der Waals surface area contributed by atoms with Gasteiger partial charge in [-0.1, -0.05) is 18.2 Å². The topological polar surface area (TPSA) is 60.1 Å². The highest BCUT2D eigenvalue weighted by atomic mass is 32.1. The van der Waals surface area contributed by atoms with Gasteiger partial charge in [0.15, 0.2) is 0 Å². The normalized spacial score (nSPS) is 15.2. The highest BCUT2D eigenvalue weighted by Gasteiger charge is 2.28. The predicted octanol–water partition coefficient (Wildman–Crippen LogP) is 2.58. The van der Waals surface area contributed by atoms with Crippen LogP contribution in [0.1, 0.15) is 30.1 Å². The number of piperidine rings is 1. The molecule has 0 unspecified atom stereocenters. The SMILES string of the molecule is Cn1nc(C2CCN(C(=O)Cc3ccsc3)CC2)n(-c2ccccc2)c1=O. The van der Waals surface area contributed by atoms with Crippen molar-refractivity contribution < 1.29 is 4.79 Å². The van der Waals surface area contributed by atoms with Gasteiger partial charge in [-0.15, -0.1) is 0 Å². The fraction of sp³-hybridized carbons (Fsp3) is 0.350. The number of aromatic nitrogens is 3. The fourth-order valence-electron chi connectivity index (χ4n) is 3.63. The molecule has 0 aliphatic carbocycles. The molecule has 1 fully saturated rings. The minimum Gasteiger partial charge on any atom is -0.342 e. The van der Waals surface area contributed by atoms with Crippen LogP contribution in [0.5, 0.6) is 0 Å². The zero-order valence-electron chi connectivity index (χ0n) is 15.2. The molecule has 0 spiro atoms. The third-order valence-electron chi connectivity index (χ3n) is 5.11. The second kappa shape index (κ2) is 7.52. The Morgan fingerprint density at radius 2 is 1.93 bits per heavy atom. The van der Waals surface area contributed by atoms with Crippen LogP contribution in [0.15, 0.2) is 52.0 Å². The molecule has 1 aliphatic rings. The molecule has 0 radical (unpaired) electrons. The standard InChI is InChI=1S/C20H22N4O2S/c1-22-20(26)24(17-5-3-2-4-6-17)19(21-22)16-7-10-23(11-8-16)18(25)13-15-9-12-27-14-15/h2-6,9,12,14,16H,7-8,10-11,13H2,1H3. The Bertz CT molecular complexity index is 967. The van der Waals surface area contributed by atoms with E-state index in [9.17, 15) is 9.59 Å². The molecule has 3 aromatic rings. The summed E-state index contributed by atoms with van der Waals surface area (Å²) in [4.78, 5) is 27.0. The first-order valence-corrected chi connectivity index (χ1v) is 10.1. The van der Waals surface area contributed by atoms with Crippen molar-refractivity contribution in [2.45, 2.75) is 25.2 Å². The van der Waals surface area contributed by atoms with Crippen LogP contribution in [-0.2, 0) is 18.3 Å². The van der Waals surface area contributed by atoms with Crippen LogP contribution < -0.4 is 5.69 Å². The van der Waals surface area contributed by atoms with Gasteiger partial charge in [0, 0.05) is 26.1 Å². The summed E-state index contributed by atoms with van der Waals surface area (Å²) in [7, 11) is 1.69. The summed E-state index contributed by atoms with van der Waals surface area (Å²) >= 11 is 1.62. The Morgan fingerprint density at radius 1 is 1.19 bits per heavy atom. The van der Waals surface area contributed by atoms with E-state index in [2.05, 4.69) is 5.10 Å². The maximum Gasteiger partial charge on any atom is 0.350 e. The van der Waals surface area contributed by atoms with Crippen molar-refractivity contribution in [3.05, 3.63) is 69.0 Å². The fourth-order valence-corrected chi connectivity index (χ4v) is 4.30. The molecule has 0 saturated carbocycles. The van der Waals surface area contributed by atoms with E-state index in [0.29, 0.717) is 19.5 Å². The summed E-state index contributed by atoms with van der Waals surface area (Å²) in [6.45, 7) is 1.40. The van der Waals surface area contributed by atoms with E-state index in [0.717, 1.165) is 29.9 Å². The Hall–Kier alpha value is -2.67. The summed E-state index contributed by atoms with van der Waals surface area (Å²) in [5.74, 6) is 1.14. The lowest BCUT2D eigenvalue weighted by Gasteiger charge is -2.31. The lowest BCUT2D eigenvalue weighted by atomic mass is 9.95. The summed E-state index contributed by atoms with van der Waals surface area (Å²) in [6, 6.07) is 11.6. The zero-order valence-corrected chi connectivity index (χ0v) is 16.1. The van der Waals surface area contributed by atoms with E-state index in [-0.39, 0.29) is 17.5 Å². The van der Waals surface area contributed by atoms with Gasteiger partial charge in [0.1, 0.15) is 5.82 Å². The van der Waals surface area contributed by atoms with E-state index < -0.39 is 0 Å². The van der Waals surface area contributed by atoms with E-state index in [1.54, 1.807) is 23.0 Å². The summed E-state index contributed by atoms with van der Waals surface area (Å²) < 4.78 is 3.10. The number of carbonyl (C=O) groups is 1. The molecule has 7 heteroatoms. The van der Waals surface area contributed by atoms with Crippen LogP contribution in [0.25, 0.3) is 5.69 Å². The number of nitrogens with zero attached hydrogens (tertiary/aromatic N) is 4. The summed E-state index contributed by atoms with van der Waals surface area (Å²) in [6.07, 6.45) is 2.10. The Labute approximate surface area is 161 Å². The molecule has 140 valence electrons. The molecular formula is C20H22N4O2S. The van der Waals surface area contributed by atoms with Crippen molar-refractivity contribution in [3.63, 3.8) is 0 Å². The monoisotopic (exact) mass is 382 g/mol. The minimum atomic E-state index is -0.132. The number of aryl methyl sites for hydroxylation is 1. The van der Waals surface area contributed by atoms with Crippen molar-refractivity contribution in [2.75, 3.05) is 13.1 Å². The average Bonchev–Trinajstić information content (AvgIpc) is 3.31. The third-order valence-corrected chi connectivity index (χ3v) is 5.84. The second-order valence-electron chi connectivity index (χ2n) is 6.90. The molecule has 2 aromatic heterocycles. The maximum atomic E-state index is 12.6. The number of hydrogen-bond donors (Lipinski definition) is 0. The number of thiophene rings is 1. The smallest absolute Gasteiger partial charge is 0.342 e. The molecule has 0 bridgehead atoms.